The van der Waals surface area contributed by atoms with E-state index in [2.05, 4.69) is 26.9 Å². The fourth-order valence-corrected chi connectivity index (χ4v) is 3.03. The lowest BCUT2D eigenvalue weighted by Gasteiger charge is -2.22. The number of hydrogen-bond donors (Lipinski definition) is 0. The van der Waals surface area contributed by atoms with Crippen molar-refractivity contribution in [2.45, 2.75) is 18.9 Å². The van der Waals surface area contributed by atoms with E-state index in [1.54, 1.807) is 0 Å². The van der Waals surface area contributed by atoms with E-state index >= 15 is 0 Å². The Labute approximate surface area is 114 Å². The Balaban J connectivity index is 1.97. The molecule has 4 nitrogen and oxygen atoms in total. The van der Waals surface area contributed by atoms with Gasteiger partial charge in [-0.2, -0.15) is 5.26 Å². The smallest absolute Gasteiger partial charge is 0.231 e. The third-order valence-electron chi connectivity index (χ3n) is 3.41. The molecule has 94 valence electrons. The van der Waals surface area contributed by atoms with Gasteiger partial charge in [-0.25, -0.2) is 0 Å². The third kappa shape index (κ3) is 1.96. The predicted octanol–water partition coefficient (Wildman–Crippen LogP) is 2.84. The summed E-state index contributed by atoms with van der Waals surface area (Å²) < 4.78 is 11.6. The van der Waals surface area contributed by atoms with E-state index in [0.29, 0.717) is 0 Å². The van der Waals surface area contributed by atoms with Crippen LogP contribution in [0.25, 0.3) is 0 Å². The highest BCUT2D eigenvalue weighted by molar-refractivity contribution is 9.10. The minimum absolute atomic E-state index is 0.212. The van der Waals surface area contributed by atoms with Crippen molar-refractivity contribution in [2.75, 3.05) is 19.9 Å². The second-order valence-corrected chi connectivity index (χ2v) is 5.36. The number of likely N-dealkylation sites (tertiary alicyclic amines) is 1. The molecule has 1 saturated heterocycles. The minimum atomic E-state index is -0.212. The minimum Gasteiger partial charge on any atom is -0.454 e. The van der Waals surface area contributed by atoms with Gasteiger partial charge in [0.15, 0.2) is 11.5 Å². The van der Waals surface area contributed by atoms with Crippen LogP contribution in [0.4, 0.5) is 0 Å². The molecule has 0 saturated carbocycles. The van der Waals surface area contributed by atoms with Crippen molar-refractivity contribution < 1.29 is 9.47 Å². The van der Waals surface area contributed by atoms with Crippen LogP contribution in [0.5, 0.6) is 11.5 Å². The van der Waals surface area contributed by atoms with Gasteiger partial charge in [0.25, 0.3) is 0 Å². The first-order valence-electron chi connectivity index (χ1n) is 6.02. The Morgan fingerprint density at radius 3 is 2.56 bits per heavy atom. The van der Waals surface area contributed by atoms with Crippen LogP contribution < -0.4 is 9.47 Å². The zero-order chi connectivity index (χ0) is 12.5. The number of hydrogen-bond acceptors (Lipinski definition) is 4. The van der Waals surface area contributed by atoms with Gasteiger partial charge < -0.3 is 9.47 Å². The quantitative estimate of drug-likeness (QED) is 0.843. The third-order valence-corrected chi connectivity index (χ3v) is 4.10. The molecule has 0 amide bonds. The SMILES string of the molecule is N#C[C@H](c1cc2c(cc1Br)OCO2)N1CCCC1. The largest absolute Gasteiger partial charge is 0.454 e. The van der Waals surface area contributed by atoms with Crippen LogP contribution in [0.2, 0.25) is 0 Å². The van der Waals surface area contributed by atoms with Crippen LogP contribution >= 0.6 is 15.9 Å². The van der Waals surface area contributed by atoms with Gasteiger partial charge in [-0.15, -0.1) is 0 Å². The van der Waals surface area contributed by atoms with Crippen molar-refractivity contribution in [3.63, 3.8) is 0 Å². The first-order chi connectivity index (χ1) is 8.79. The molecule has 0 aliphatic carbocycles. The Kier molecular flexibility index (Phi) is 3.14. The number of ether oxygens (including phenoxy) is 2. The predicted molar refractivity (Wildman–Crippen MR) is 69.4 cm³/mol. The van der Waals surface area contributed by atoms with Gasteiger partial charge in [-0.05, 0) is 38.1 Å². The zero-order valence-corrected chi connectivity index (χ0v) is 11.4. The molecule has 2 heterocycles. The van der Waals surface area contributed by atoms with Crippen LogP contribution in [-0.4, -0.2) is 24.8 Å². The van der Waals surface area contributed by atoms with Crippen molar-refractivity contribution in [1.82, 2.24) is 4.90 Å². The maximum Gasteiger partial charge on any atom is 0.231 e. The van der Waals surface area contributed by atoms with Gasteiger partial charge in [0, 0.05) is 10.0 Å². The van der Waals surface area contributed by atoms with Crippen molar-refractivity contribution >= 4 is 15.9 Å². The van der Waals surface area contributed by atoms with Crippen molar-refractivity contribution in [3.8, 4) is 17.6 Å². The van der Waals surface area contributed by atoms with E-state index in [9.17, 15) is 5.26 Å². The van der Waals surface area contributed by atoms with Gasteiger partial charge in [-0.1, -0.05) is 15.9 Å². The summed E-state index contributed by atoms with van der Waals surface area (Å²) in [6.45, 7) is 2.23. The zero-order valence-electron chi connectivity index (χ0n) is 9.86. The summed E-state index contributed by atoms with van der Waals surface area (Å²) in [5.74, 6) is 1.47. The van der Waals surface area contributed by atoms with Crippen LogP contribution in [-0.2, 0) is 0 Å². The van der Waals surface area contributed by atoms with Crippen molar-refractivity contribution in [2.24, 2.45) is 0 Å². The molecule has 0 unspecified atom stereocenters. The van der Waals surface area contributed by atoms with Gasteiger partial charge in [0.05, 0.1) is 6.07 Å². The Morgan fingerprint density at radius 1 is 1.22 bits per heavy atom. The molecule has 1 aromatic carbocycles. The lowest BCUT2D eigenvalue weighted by atomic mass is 10.1. The number of benzene rings is 1. The van der Waals surface area contributed by atoms with E-state index in [1.807, 2.05) is 12.1 Å². The second kappa shape index (κ2) is 4.79. The van der Waals surface area contributed by atoms with Crippen LogP contribution in [0, 0.1) is 11.3 Å². The number of rotatable bonds is 2. The molecule has 0 spiro atoms. The Bertz CT molecular complexity index is 506. The second-order valence-electron chi connectivity index (χ2n) is 4.50. The van der Waals surface area contributed by atoms with E-state index in [-0.39, 0.29) is 12.8 Å². The van der Waals surface area contributed by atoms with Crippen LogP contribution in [0.1, 0.15) is 24.4 Å². The number of nitriles is 1. The maximum absolute atomic E-state index is 9.43. The molecule has 1 aromatic rings. The van der Waals surface area contributed by atoms with E-state index in [1.165, 1.54) is 12.8 Å². The fourth-order valence-electron chi connectivity index (χ4n) is 2.49. The molecule has 1 atom stereocenters. The molecule has 1 fully saturated rings. The summed E-state index contributed by atoms with van der Waals surface area (Å²) in [5.41, 5.74) is 0.962. The van der Waals surface area contributed by atoms with Crippen molar-refractivity contribution in [1.29, 1.82) is 5.26 Å². The topological polar surface area (TPSA) is 45.5 Å². The van der Waals surface area contributed by atoms with Gasteiger partial charge in [-0.3, -0.25) is 4.90 Å². The molecular weight excluding hydrogens is 296 g/mol. The number of halogens is 1. The molecule has 18 heavy (non-hydrogen) atoms. The van der Waals surface area contributed by atoms with Crippen LogP contribution in [0.3, 0.4) is 0 Å². The highest BCUT2D eigenvalue weighted by Gasteiger charge is 2.27. The Morgan fingerprint density at radius 2 is 1.89 bits per heavy atom. The molecule has 3 rings (SSSR count). The van der Waals surface area contributed by atoms with E-state index < -0.39 is 0 Å². The summed E-state index contributed by atoms with van der Waals surface area (Å²) in [7, 11) is 0. The molecule has 5 heteroatoms. The van der Waals surface area contributed by atoms with Gasteiger partial charge in [0.1, 0.15) is 6.04 Å². The molecular formula is C13H13BrN2O2. The first kappa shape index (κ1) is 11.8. The highest BCUT2D eigenvalue weighted by atomic mass is 79.9. The summed E-state index contributed by atoms with van der Waals surface area (Å²) in [5, 5.41) is 9.43. The summed E-state index contributed by atoms with van der Waals surface area (Å²) in [4.78, 5) is 2.21. The molecule has 2 aliphatic rings. The van der Waals surface area contributed by atoms with Gasteiger partial charge in [0.2, 0.25) is 6.79 Å². The van der Waals surface area contributed by atoms with Crippen molar-refractivity contribution in [3.05, 3.63) is 22.2 Å². The average molecular weight is 309 g/mol. The fraction of sp³-hybridized carbons (Fsp3) is 0.462. The van der Waals surface area contributed by atoms with Crippen LogP contribution in [0.15, 0.2) is 16.6 Å². The standard InChI is InChI=1S/C13H13BrN2O2/c14-10-6-13-12(17-8-18-13)5-9(10)11(7-15)16-3-1-2-4-16/h5-6,11H,1-4,8H2/t11-/m1/s1. The summed E-state index contributed by atoms with van der Waals surface area (Å²) in [6, 6.07) is 5.98. The Hall–Kier alpha value is -1.25. The molecule has 0 radical (unpaired) electrons. The lowest BCUT2D eigenvalue weighted by Crippen LogP contribution is -2.24. The lowest BCUT2D eigenvalue weighted by molar-refractivity contribution is 0.174. The number of nitrogens with zero attached hydrogens (tertiary/aromatic N) is 2. The molecule has 2 aliphatic heterocycles. The first-order valence-corrected chi connectivity index (χ1v) is 6.81. The monoisotopic (exact) mass is 308 g/mol. The normalized spacial score (nSPS) is 19.8. The van der Waals surface area contributed by atoms with E-state index in [4.69, 9.17) is 9.47 Å². The maximum atomic E-state index is 9.43. The van der Waals surface area contributed by atoms with Gasteiger partial charge >= 0.3 is 0 Å². The molecule has 0 N–H and O–H groups in total. The van der Waals surface area contributed by atoms with E-state index in [0.717, 1.165) is 34.6 Å². The summed E-state index contributed by atoms with van der Waals surface area (Å²) >= 11 is 3.53. The highest BCUT2D eigenvalue weighted by Crippen LogP contribution is 2.40. The molecule has 0 bridgehead atoms. The summed E-state index contributed by atoms with van der Waals surface area (Å²) in [6.07, 6.45) is 2.33. The average Bonchev–Trinajstić information content (AvgIpc) is 3.01. The molecule has 0 aromatic heterocycles. The number of fused-ring (bicyclic) bond motifs is 1.